The molecule has 2 unspecified atom stereocenters. The Morgan fingerprint density at radius 3 is 2.53 bits per heavy atom. The highest BCUT2D eigenvalue weighted by molar-refractivity contribution is 5.21. The van der Waals surface area contributed by atoms with Crippen molar-refractivity contribution in [1.29, 1.82) is 0 Å². The maximum Gasteiger partial charge on any atom is 0.212 e. The molecule has 1 rings (SSSR count). The third kappa shape index (κ3) is 4.16. The van der Waals surface area contributed by atoms with Crippen molar-refractivity contribution in [3.63, 3.8) is 0 Å². The maximum atomic E-state index is 5.94. The molecule has 1 aromatic rings. The summed E-state index contributed by atoms with van der Waals surface area (Å²) in [7, 11) is 3.33. The molecule has 0 bridgehead atoms. The number of likely N-dealkylation sites (N-methyl/N-ethyl adjacent to an activating group) is 1. The van der Waals surface area contributed by atoms with Crippen LogP contribution in [0.4, 0.5) is 0 Å². The predicted octanol–water partition coefficient (Wildman–Crippen LogP) is 1.45. The van der Waals surface area contributed by atoms with E-state index >= 15 is 0 Å². The first-order valence-corrected chi connectivity index (χ1v) is 6.62. The summed E-state index contributed by atoms with van der Waals surface area (Å²) >= 11 is 0. The largest absolute Gasteiger partial charge is 0.481 e. The fourth-order valence-electron chi connectivity index (χ4n) is 2.35. The van der Waals surface area contributed by atoms with Crippen molar-refractivity contribution in [2.75, 3.05) is 33.9 Å². The zero-order valence-electron chi connectivity index (χ0n) is 12.3. The summed E-state index contributed by atoms with van der Waals surface area (Å²) in [6, 6.07) is 4.34. The van der Waals surface area contributed by atoms with E-state index in [-0.39, 0.29) is 6.04 Å². The smallest absolute Gasteiger partial charge is 0.212 e. The van der Waals surface area contributed by atoms with E-state index in [2.05, 4.69) is 23.7 Å². The highest BCUT2D eigenvalue weighted by Crippen LogP contribution is 2.22. The number of rotatable bonds is 8. The van der Waals surface area contributed by atoms with Crippen molar-refractivity contribution < 1.29 is 9.47 Å². The van der Waals surface area contributed by atoms with Crippen molar-refractivity contribution in [2.45, 2.75) is 25.9 Å². The Hall–Kier alpha value is -1.17. The van der Waals surface area contributed by atoms with Crippen molar-refractivity contribution >= 4 is 0 Å². The Kier molecular flexibility index (Phi) is 6.77. The average molecular weight is 267 g/mol. The van der Waals surface area contributed by atoms with E-state index in [0.717, 1.165) is 12.1 Å². The molecule has 0 amide bonds. The van der Waals surface area contributed by atoms with Crippen molar-refractivity contribution in [1.82, 2.24) is 9.88 Å². The lowest BCUT2D eigenvalue weighted by atomic mass is 10.1. The van der Waals surface area contributed by atoms with Gasteiger partial charge in [0, 0.05) is 38.0 Å². The topological polar surface area (TPSA) is 60.6 Å². The van der Waals surface area contributed by atoms with E-state index in [1.54, 1.807) is 14.2 Å². The van der Waals surface area contributed by atoms with Gasteiger partial charge in [-0.2, -0.15) is 0 Å². The summed E-state index contributed by atoms with van der Waals surface area (Å²) in [4.78, 5) is 6.58. The summed E-state index contributed by atoms with van der Waals surface area (Å²) in [5.74, 6) is 0.618. The van der Waals surface area contributed by atoms with Gasteiger partial charge in [0.2, 0.25) is 5.88 Å². The highest BCUT2D eigenvalue weighted by Gasteiger charge is 2.22. The van der Waals surface area contributed by atoms with Gasteiger partial charge in [-0.1, -0.05) is 13.0 Å². The van der Waals surface area contributed by atoms with Crippen LogP contribution in [0, 0.1) is 0 Å². The second-order valence-electron chi connectivity index (χ2n) is 4.52. The highest BCUT2D eigenvalue weighted by atomic mass is 16.5. The Morgan fingerprint density at radius 2 is 2.11 bits per heavy atom. The van der Waals surface area contributed by atoms with Gasteiger partial charge in [-0.15, -0.1) is 0 Å². The minimum atomic E-state index is 0.147. The summed E-state index contributed by atoms with van der Waals surface area (Å²) < 4.78 is 10.3. The molecule has 0 saturated carbocycles. The van der Waals surface area contributed by atoms with Crippen molar-refractivity contribution in [3.05, 3.63) is 23.9 Å². The van der Waals surface area contributed by atoms with Crippen LogP contribution in [0.5, 0.6) is 5.88 Å². The van der Waals surface area contributed by atoms with E-state index in [9.17, 15) is 0 Å². The standard InChI is InChI=1S/C14H25N3O2/c1-5-17(11(2)10-18-3)13(8-15)12-6-7-14(19-4)16-9-12/h6-7,9,11,13H,5,8,10,15H2,1-4H3. The Labute approximate surface area is 115 Å². The molecule has 0 spiro atoms. The molecule has 0 aliphatic heterocycles. The normalized spacial score (nSPS) is 14.4. The Balaban J connectivity index is 2.89. The first-order chi connectivity index (χ1) is 9.17. The van der Waals surface area contributed by atoms with Gasteiger partial charge in [0.05, 0.1) is 13.7 Å². The molecule has 1 aromatic heterocycles. The molecular formula is C14H25N3O2. The quantitative estimate of drug-likeness (QED) is 0.772. The molecule has 0 radical (unpaired) electrons. The van der Waals surface area contributed by atoms with E-state index in [1.807, 2.05) is 18.3 Å². The number of nitrogens with two attached hydrogens (primary N) is 1. The Bertz CT molecular complexity index is 356. The van der Waals surface area contributed by atoms with Gasteiger partial charge in [0.1, 0.15) is 0 Å². The molecule has 5 heteroatoms. The third-order valence-corrected chi connectivity index (χ3v) is 3.32. The number of ether oxygens (including phenoxy) is 2. The molecule has 0 saturated heterocycles. The van der Waals surface area contributed by atoms with Crippen molar-refractivity contribution in [3.8, 4) is 5.88 Å². The summed E-state index contributed by atoms with van der Waals surface area (Å²) in [6.45, 7) is 6.43. The van der Waals surface area contributed by atoms with Crippen LogP contribution in [0.15, 0.2) is 18.3 Å². The number of pyridine rings is 1. The fraction of sp³-hybridized carbons (Fsp3) is 0.643. The van der Waals surface area contributed by atoms with Crippen LogP contribution in [-0.4, -0.2) is 49.8 Å². The lowest BCUT2D eigenvalue weighted by Gasteiger charge is -2.34. The van der Waals surface area contributed by atoms with Crippen LogP contribution in [0.2, 0.25) is 0 Å². The molecule has 19 heavy (non-hydrogen) atoms. The zero-order chi connectivity index (χ0) is 14.3. The minimum Gasteiger partial charge on any atom is -0.481 e. The van der Waals surface area contributed by atoms with Gasteiger partial charge < -0.3 is 15.2 Å². The molecule has 1 heterocycles. The SMILES string of the molecule is CCN(C(C)COC)C(CN)c1ccc(OC)nc1. The minimum absolute atomic E-state index is 0.147. The van der Waals surface area contributed by atoms with Crippen LogP contribution in [0.3, 0.4) is 0 Å². The van der Waals surface area contributed by atoms with Gasteiger partial charge in [-0.25, -0.2) is 4.98 Å². The van der Waals surface area contributed by atoms with Crippen LogP contribution >= 0.6 is 0 Å². The van der Waals surface area contributed by atoms with E-state index < -0.39 is 0 Å². The first-order valence-electron chi connectivity index (χ1n) is 6.62. The fourth-order valence-corrected chi connectivity index (χ4v) is 2.35. The van der Waals surface area contributed by atoms with Crippen LogP contribution in [0.1, 0.15) is 25.5 Å². The number of aromatic nitrogens is 1. The summed E-state index contributed by atoms with van der Waals surface area (Å²) in [5, 5.41) is 0. The lowest BCUT2D eigenvalue weighted by Crippen LogP contribution is -2.42. The van der Waals surface area contributed by atoms with Crippen LogP contribution in [0.25, 0.3) is 0 Å². The predicted molar refractivity (Wildman–Crippen MR) is 76.3 cm³/mol. The molecular weight excluding hydrogens is 242 g/mol. The Morgan fingerprint density at radius 1 is 1.37 bits per heavy atom. The van der Waals surface area contributed by atoms with Crippen LogP contribution in [-0.2, 0) is 4.74 Å². The van der Waals surface area contributed by atoms with E-state index in [0.29, 0.717) is 25.1 Å². The number of methoxy groups -OCH3 is 2. The molecule has 0 fully saturated rings. The van der Waals surface area contributed by atoms with Gasteiger partial charge in [-0.3, -0.25) is 4.90 Å². The maximum absolute atomic E-state index is 5.94. The molecule has 2 atom stereocenters. The number of nitrogens with zero attached hydrogens (tertiary/aromatic N) is 2. The zero-order valence-corrected chi connectivity index (χ0v) is 12.3. The van der Waals surface area contributed by atoms with E-state index in [4.69, 9.17) is 15.2 Å². The molecule has 5 nitrogen and oxygen atoms in total. The monoisotopic (exact) mass is 267 g/mol. The lowest BCUT2D eigenvalue weighted by molar-refractivity contribution is 0.0750. The van der Waals surface area contributed by atoms with Gasteiger partial charge in [0.25, 0.3) is 0 Å². The molecule has 2 N–H and O–H groups in total. The molecule has 0 aromatic carbocycles. The van der Waals surface area contributed by atoms with Gasteiger partial charge in [-0.05, 0) is 19.0 Å². The van der Waals surface area contributed by atoms with Crippen molar-refractivity contribution in [2.24, 2.45) is 5.73 Å². The van der Waals surface area contributed by atoms with Crippen LogP contribution < -0.4 is 10.5 Å². The van der Waals surface area contributed by atoms with E-state index in [1.165, 1.54) is 0 Å². The van der Waals surface area contributed by atoms with Gasteiger partial charge >= 0.3 is 0 Å². The average Bonchev–Trinajstić information content (AvgIpc) is 2.45. The number of hydrogen-bond acceptors (Lipinski definition) is 5. The molecule has 0 aliphatic rings. The van der Waals surface area contributed by atoms with Gasteiger partial charge in [0.15, 0.2) is 0 Å². The third-order valence-electron chi connectivity index (χ3n) is 3.32. The molecule has 108 valence electrons. The summed E-state index contributed by atoms with van der Waals surface area (Å²) in [5.41, 5.74) is 7.05. The first kappa shape index (κ1) is 15.9. The summed E-state index contributed by atoms with van der Waals surface area (Å²) in [6.07, 6.45) is 1.83. The second-order valence-corrected chi connectivity index (χ2v) is 4.52. The molecule has 0 aliphatic carbocycles. The second kappa shape index (κ2) is 8.09. The number of hydrogen-bond donors (Lipinski definition) is 1.